The van der Waals surface area contributed by atoms with E-state index in [1.807, 2.05) is 80.7 Å². The molecule has 0 aliphatic rings. The van der Waals surface area contributed by atoms with Gasteiger partial charge < -0.3 is 14.4 Å². The summed E-state index contributed by atoms with van der Waals surface area (Å²) >= 11 is 0. The van der Waals surface area contributed by atoms with Gasteiger partial charge in [0.25, 0.3) is 0 Å². The molecule has 0 saturated heterocycles. The van der Waals surface area contributed by atoms with E-state index in [0.717, 1.165) is 55.6 Å². The molecule has 0 aliphatic carbocycles. The fourth-order valence-electron chi connectivity index (χ4n) is 5.12. The van der Waals surface area contributed by atoms with E-state index in [1.54, 1.807) is 6.20 Å². The monoisotopic (exact) mass is 782 g/mol. The van der Waals surface area contributed by atoms with Crippen LogP contribution in [0, 0.1) is 12.1 Å². The maximum absolute atomic E-state index is 8.28. The summed E-state index contributed by atoms with van der Waals surface area (Å²) in [7, 11) is -1.23. The summed E-state index contributed by atoms with van der Waals surface area (Å²) in [5.74, 6) is -0.669. The van der Waals surface area contributed by atoms with Crippen molar-refractivity contribution in [3.8, 4) is 33.6 Å². The van der Waals surface area contributed by atoms with Gasteiger partial charge in [0.1, 0.15) is 5.58 Å². The minimum Gasteiger partial charge on any atom is -0.500 e. The van der Waals surface area contributed by atoms with E-state index in [1.165, 1.54) is 10.8 Å². The van der Waals surface area contributed by atoms with Crippen LogP contribution in [0.4, 0.5) is 0 Å². The number of fused-ring (bicyclic) bond motifs is 3. The Morgan fingerprint density at radius 2 is 1.51 bits per heavy atom. The zero-order valence-corrected chi connectivity index (χ0v) is 29.6. The molecule has 4 aromatic carbocycles. The molecule has 3 aromatic heterocycles. The van der Waals surface area contributed by atoms with Crippen LogP contribution >= 0.6 is 0 Å². The Kier molecular flexibility index (Phi) is 9.51. The quantitative estimate of drug-likeness (QED) is 0.129. The second kappa shape index (κ2) is 13.9. The average molecular weight is 782 g/mol. The number of benzene rings is 4. The van der Waals surface area contributed by atoms with Gasteiger partial charge in [-0.15, -0.1) is 59.7 Å². The second-order valence-electron chi connectivity index (χ2n) is 12.2. The molecule has 5 heteroatoms. The molecule has 3 heterocycles. The minimum atomic E-state index is -1.23. The standard InChI is InChI=1S/C26H20NO.C14H16NSi.Ir/c1-17(2)19-12-13-27-24(15-19)21-9-11-25-23(14-21)22-10-8-20(16-26(22)28-25)18-6-4-3-5-7-18;1-16(2,3)13-9-10-14(15-11-13)12-7-5-4-6-8-12;/h3-8,10-17H,1-2H3;4-7,9-11H,1-3H3;/q2*-1;/i17D;;. The molecule has 0 atom stereocenters. The third kappa shape index (κ3) is 7.40. The van der Waals surface area contributed by atoms with Crippen molar-refractivity contribution in [2.24, 2.45) is 0 Å². The maximum atomic E-state index is 8.28. The van der Waals surface area contributed by atoms with Crippen LogP contribution in [0.2, 0.25) is 19.6 Å². The van der Waals surface area contributed by atoms with Gasteiger partial charge in [-0.25, -0.2) is 0 Å². The first kappa shape index (κ1) is 30.9. The van der Waals surface area contributed by atoms with E-state index in [9.17, 15) is 0 Å². The molecule has 7 aromatic rings. The summed E-state index contributed by atoms with van der Waals surface area (Å²) < 4.78 is 14.4. The number of hydrogen-bond acceptors (Lipinski definition) is 3. The molecule has 0 amide bonds. The summed E-state index contributed by atoms with van der Waals surface area (Å²) in [4.78, 5) is 9.02. The van der Waals surface area contributed by atoms with Crippen molar-refractivity contribution in [2.75, 3.05) is 0 Å². The first-order chi connectivity index (χ1) is 21.6. The summed E-state index contributed by atoms with van der Waals surface area (Å²) in [5.41, 5.74) is 8.69. The molecule has 7 rings (SSSR count). The molecule has 227 valence electrons. The van der Waals surface area contributed by atoms with Crippen molar-refractivity contribution >= 4 is 35.2 Å². The zero-order chi connectivity index (χ0) is 31.6. The van der Waals surface area contributed by atoms with Gasteiger partial charge in [0.2, 0.25) is 0 Å². The van der Waals surface area contributed by atoms with E-state index >= 15 is 0 Å². The molecule has 3 nitrogen and oxygen atoms in total. The van der Waals surface area contributed by atoms with Crippen molar-refractivity contribution in [3.05, 3.63) is 139 Å². The molecule has 0 fully saturated rings. The van der Waals surface area contributed by atoms with Crippen LogP contribution in [0.15, 0.2) is 126 Å². The van der Waals surface area contributed by atoms with Gasteiger partial charge in [-0.3, -0.25) is 0 Å². The SMILES string of the molecule is C[Si](C)(C)c1ccc(-c2[c-]cccc2)nc1.[2H]C(C)(C)c1ccnc(-c2[c-]cc3oc4cc(-c5ccccc5)ccc4c3c2)c1.[Ir]. The first-order valence-corrected chi connectivity index (χ1v) is 18.4. The van der Waals surface area contributed by atoms with Gasteiger partial charge in [-0.2, -0.15) is 0 Å². The van der Waals surface area contributed by atoms with Gasteiger partial charge in [0.15, 0.2) is 0 Å². The number of aromatic nitrogens is 2. The van der Waals surface area contributed by atoms with E-state index in [2.05, 4.69) is 90.3 Å². The predicted octanol–water partition coefficient (Wildman–Crippen LogP) is 10.3. The molecule has 0 N–H and O–H groups in total. The number of rotatable bonds is 5. The smallest absolute Gasteiger partial charge is 0.121 e. The molecule has 1 radical (unpaired) electrons. The van der Waals surface area contributed by atoms with E-state index in [-0.39, 0.29) is 20.1 Å². The molecular formula is C40H36IrN2OSi-2. The molecule has 0 bridgehead atoms. The second-order valence-corrected chi connectivity index (χ2v) is 17.3. The molecule has 45 heavy (non-hydrogen) atoms. The fourth-order valence-corrected chi connectivity index (χ4v) is 6.15. The van der Waals surface area contributed by atoms with Crippen molar-refractivity contribution in [2.45, 2.75) is 39.4 Å². The summed E-state index contributed by atoms with van der Waals surface area (Å²) in [5, 5.41) is 3.52. The molecule has 0 spiro atoms. The van der Waals surface area contributed by atoms with Crippen LogP contribution in [-0.4, -0.2) is 18.0 Å². The number of hydrogen-bond donors (Lipinski definition) is 0. The van der Waals surface area contributed by atoms with Crippen molar-refractivity contribution in [1.29, 1.82) is 0 Å². The van der Waals surface area contributed by atoms with E-state index in [0.29, 0.717) is 0 Å². The van der Waals surface area contributed by atoms with Crippen LogP contribution < -0.4 is 5.19 Å². The number of pyridine rings is 2. The Morgan fingerprint density at radius 3 is 2.20 bits per heavy atom. The van der Waals surface area contributed by atoms with Crippen molar-refractivity contribution < 1.29 is 25.9 Å². The third-order valence-corrected chi connectivity index (χ3v) is 9.77. The summed E-state index contributed by atoms with van der Waals surface area (Å²) in [6.45, 7) is 10.8. The molecule has 0 saturated carbocycles. The van der Waals surface area contributed by atoms with Crippen LogP contribution in [0.3, 0.4) is 0 Å². The van der Waals surface area contributed by atoms with E-state index in [4.69, 9.17) is 5.79 Å². The van der Waals surface area contributed by atoms with Gasteiger partial charge in [0, 0.05) is 39.3 Å². The maximum Gasteiger partial charge on any atom is 0.121 e. The number of nitrogens with zero attached hydrogens (tertiary/aromatic N) is 2. The topological polar surface area (TPSA) is 38.9 Å². The first-order valence-electron chi connectivity index (χ1n) is 15.4. The molecule has 0 aliphatic heterocycles. The Hall–Kier alpha value is -4.15. The molecular weight excluding hydrogens is 745 g/mol. The average Bonchev–Trinajstić information content (AvgIpc) is 3.42. The van der Waals surface area contributed by atoms with Gasteiger partial charge in [-0.05, 0) is 45.7 Å². The summed E-state index contributed by atoms with van der Waals surface area (Å²) in [6.07, 6.45) is 3.78. The Bertz CT molecular complexity index is 2060. The zero-order valence-electron chi connectivity index (χ0n) is 27.2. The number of furan rings is 1. The molecule has 0 unspecified atom stereocenters. The predicted molar refractivity (Wildman–Crippen MR) is 187 cm³/mol. The van der Waals surface area contributed by atoms with Crippen LogP contribution in [0.25, 0.3) is 55.6 Å². The Balaban J connectivity index is 0.000000209. The Labute approximate surface area is 282 Å². The third-order valence-electron chi connectivity index (χ3n) is 7.74. The largest absolute Gasteiger partial charge is 0.500 e. The van der Waals surface area contributed by atoms with Gasteiger partial charge in [-0.1, -0.05) is 105 Å². The van der Waals surface area contributed by atoms with Crippen LogP contribution in [0.1, 0.15) is 26.7 Å². The van der Waals surface area contributed by atoms with Gasteiger partial charge in [0.05, 0.1) is 13.7 Å². The van der Waals surface area contributed by atoms with Crippen LogP contribution in [-0.2, 0) is 20.1 Å². The van der Waals surface area contributed by atoms with Gasteiger partial charge >= 0.3 is 0 Å². The Morgan fingerprint density at radius 1 is 0.711 bits per heavy atom. The van der Waals surface area contributed by atoms with Crippen molar-refractivity contribution in [3.63, 3.8) is 0 Å². The normalized spacial score (nSPS) is 11.8. The van der Waals surface area contributed by atoms with Crippen molar-refractivity contribution in [1.82, 2.24) is 9.97 Å². The van der Waals surface area contributed by atoms with E-state index < -0.39 is 14.0 Å². The van der Waals surface area contributed by atoms with Crippen LogP contribution in [0.5, 0.6) is 0 Å². The summed E-state index contributed by atoms with van der Waals surface area (Å²) in [6, 6.07) is 43.2. The fraction of sp³-hybridized carbons (Fsp3) is 0.150. The minimum absolute atomic E-state index is 0.